The molecule has 1 N–H and O–H groups in total. The van der Waals surface area contributed by atoms with Gasteiger partial charge < -0.3 is 9.72 Å². The lowest BCUT2D eigenvalue weighted by molar-refractivity contribution is -0.116. The summed E-state index contributed by atoms with van der Waals surface area (Å²) < 4.78 is 18.6. The number of ether oxygens (including phenoxy) is 1. The van der Waals surface area contributed by atoms with Crippen LogP contribution in [-0.4, -0.2) is 28.6 Å². The molecule has 0 saturated carbocycles. The number of nitrogens with one attached hydrogen (secondary N) is 1. The molecule has 1 aromatic carbocycles. The molecule has 0 radical (unpaired) electrons. The van der Waals surface area contributed by atoms with E-state index in [0.29, 0.717) is 0 Å². The molecule has 1 heterocycles. The van der Waals surface area contributed by atoms with E-state index in [4.69, 9.17) is 16.3 Å². The Morgan fingerprint density at radius 3 is 2.67 bits per heavy atom. The number of Topliss-reactive ketones (excluding diaryl/α,β-unsaturated/α-hetero) is 1. The van der Waals surface area contributed by atoms with Crippen molar-refractivity contribution in [2.24, 2.45) is 0 Å². The Morgan fingerprint density at radius 2 is 2.08 bits per heavy atom. The quantitative estimate of drug-likeness (QED) is 0.642. The van der Waals surface area contributed by atoms with Crippen LogP contribution < -0.4 is 5.43 Å². The first-order valence-corrected chi connectivity index (χ1v) is 8.41. The number of carbonyl (C=O) groups is 2. The lowest BCUT2D eigenvalue weighted by Crippen LogP contribution is -2.21. The molecule has 0 bridgehead atoms. The van der Waals surface area contributed by atoms with Crippen LogP contribution in [-0.2, 0) is 9.53 Å². The number of halogens is 2. The molecule has 1 aromatic heterocycles. The standard InChI is InChI=1S/C16H15ClFNO4S/c1-4-23-16(22)13-14(21)9-5-11(18)10(17)6-12(9)19-15(13)24-8(3)7(2)20/h5-6,8H,4H2,1-3H3,(H,19,21). The first kappa shape index (κ1) is 18.5. The summed E-state index contributed by atoms with van der Waals surface area (Å²) in [5.41, 5.74) is -0.641. The lowest BCUT2D eigenvalue weighted by Gasteiger charge is -2.13. The summed E-state index contributed by atoms with van der Waals surface area (Å²) in [7, 11) is 0. The molecule has 0 aliphatic carbocycles. The maximum absolute atomic E-state index is 13.7. The molecule has 5 nitrogen and oxygen atoms in total. The molecule has 1 atom stereocenters. The second kappa shape index (κ2) is 7.36. The topological polar surface area (TPSA) is 76.2 Å². The zero-order valence-electron chi connectivity index (χ0n) is 13.2. The summed E-state index contributed by atoms with van der Waals surface area (Å²) in [4.78, 5) is 39.2. The summed E-state index contributed by atoms with van der Waals surface area (Å²) >= 11 is 6.78. The van der Waals surface area contributed by atoms with E-state index in [0.717, 1.165) is 17.8 Å². The number of hydrogen-bond acceptors (Lipinski definition) is 5. The molecule has 2 aromatic rings. The summed E-state index contributed by atoms with van der Waals surface area (Å²) in [5, 5.41) is -0.462. The fourth-order valence-corrected chi connectivity index (χ4v) is 3.14. The van der Waals surface area contributed by atoms with E-state index in [-0.39, 0.29) is 38.9 Å². The molecule has 0 aliphatic heterocycles. The third-order valence-electron chi connectivity index (χ3n) is 3.35. The normalized spacial score (nSPS) is 12.2. The maximum atomic E-state index is 13.7. The van der Waals surface area contributed by atoms with Crippen LogP contribution in [0.3, 0.4) is 0 Å². The highest BCUT2D eigenvalue weighted by Crippen LogP contribution is 2.28. The van der Waals surface area contributed by atoms with Gasteiger partial charge in [-0.15, -0.1) is 0 Å². The van der Waals surface area contributed by atoms with E-state index in [1.165, 1.54) is 13.0 Å². The number of carbonyl (C=O) groups excluding carboxylic acids is 2. The van der Waals surface area contributed by atoms with Crippen LogP contribution in [0, 0.1) is 5.82 Å². The van der Waals surface area contributed by atoms with Gasteiger partial charge in [-0.3, -0.25) is 9.59 Å². The highest BCUT2D eigenvalue weighted by Gasteiger charge is 2.24. The Hall–Kier alpha value is -1.86. The summed E-state index contributed by atoms with van der Waals surface area (Å²) in [6.07, 6.45) is 0. The van der Waals surface area contributed by atoms with Crippen LogP contribution in [0.25, 0.3) is 10.9 Å². The zero-order chi connectivity index (χ0) is 18.0. The number of aromatic amines is 1. The fraction of sp³-hybridized carbons (Fsp3) is 0.312. The van der Waals surface area contributed by atoms with Crippen molar-refractivity contribution < 1.29 is 18.7 Å². The minimum absolute atomic E-state index is 0.0141. The maximum Gasteiger partial charge on any atom is 0.344 e. The second-order valence-electron chi connectivity index (χ2n) is 5.06. The predicted octanol–water partition coefficient (Wildman–Crippen LogP) is 3.57. The molecule has 128 valence electrons. The minimum Gasteiger partial charge on any atom is -0.462 e. The van der Waals surface area contributed by atoms with Gasteiger partial charge in [0, 0.05) is 5.39 Å². The van der Waals surface area contributed by atoms with Gasteiger partial charge in [0.05, 0.1) is 27.4 Å². The number of pyridine rings is 1. The Bertz CT molecular complexity index is 880. The number of H-pyrrole nitrogens is 1. The van der Waals surface area contributed by atoms with Gasteiger partial charge in [0.25, 0.3) is 0 Å². The molecule has 0 saturated heterocycles. The molecule has 0 aliphatic rings. The van der Waals surface area contributed by atoms with Gasteiger partial charge in [-0.05, 0) is 32.9 Å². The number of rotatable bonds is 5. The van der Waals surface area contributed by atoms with E-state index >= 15 is 0 Å². The highest BCUT2D eigenvalue weighted by atomic mass is 35.5. The Kier molecular flexibility index (Phi) is 5.66. The minimum atomic E-state index is -0.825. The summed E-state index contributed by atoms with van der Waals surface area (Å²) in [6, 6.07) is 2.24. The van der Waals surface area contributed by atoms with Gasteiger partial charge in [0.15, 0.2) is 0 Å². The highest BCUT2D eigenvalue weighted by molar-refractivity contribution is 8.00. The van der Waals surface area contributed by atoms with Crippen molar-refractivity contribution in [3.63, 3.8) is 0 Å². The first-order chi connectivity index (χ1) is 11.3. The van der Waals surface area contributed by atoms with E-state index < -0.39 is 22.5 Å². The van der Waals surface area contributed by atoms with Crippen molar-refractivity contribution >= 4 is 46.0 Å². The van der Waals surface area contributed by atoms with Crippen molar-refractivity contribution in [3.05, 3.63) is 38.8 Å². The molecular weight excluding hydrogens is 357 g/mol. The van der Waals surface area contributed by atoms with Gasteiger partial charge in [-0.1, -0.05) is 23.4 Å². The Balaban J connectivity index is 2.74. The van der Waals surface area contributed by atoms with E-state index in [9.17, 15) is 18.8 Å². The first-order valence-electron chi connectivity index (χ1n) is 7.15. The monoisotopic (exact) mass is 371 g/mol. The Labute approximate surface area is 146 Å². The molecule has 1 unspecified atom stereocenters. The smallest absolute Gasteiger partial charge is 0.344 e. The third kappa shape index (κ3) is 3.62. The van der Waals surface area contributed by atoms with Crippen molar-refractivity contribution in [3.8, 4) is 0 Å². The van der Waals surface area contributed by atoms with Crippen LogP contribution in [0.5, 0.6) is 0 Å². The van der Waals surface area contributed by atoms with Crippen LogP contribution in [0.2, 0.25) is 5.02 Å². The molecular formula is C16H15ClFNO4S. The van der Waals surface area contributed by atoms with Gasteiger partial charge in [-0.2, -0.15) is 0 Å². The third-order valence-corrected chi connectivity index (χ3v) is 4.87. The van der Waals surface area contributed by atoms with Gasteiger partial charge >= 0.3 is 5.97 Å². The predicted molar refractivity (Wildman–Crippen MR) is 91.5 cm³/mol. The zero-order valence-corrected chi connectivity index (χ0v) is 14.8. The fourth-order valence-electron chi connectivity index (χ4n) is 2.00. The van der Waals surface area contributed by atoms with Crippen molar-refractivity contribution in [1.82, 2.24) is 4.98 Å². The van der Waals surface area contributed by atoms with E-state index in [2.05, 4.69) is 4.98 Å². The van der Waals surface area contributed by atoms with Crippen molar-refractivity contribution in [1.29, 1.82) is 0 Å². The van der Waals surface area contributed by atoms with Crippen molar-refractivity contribution in [2.75, 3.05) is 6.61 Å². The summed E-state index contributed by atoms with van der Waals surface area (Å²) in [6.45, 7) is 4.75. The number of thioether (sulfide) groups is 1. The summed E-state index contributed by atoms with van der Waals surface area (Å²) in [5.74, 6) is -1.70. The molecule has 8 heteroatoms. The number of esters is 1. The number of fused-ring (bicyclic) bond motifs is 1. The average Bonchev–Trinajstić information content (AvgIpc) is 2.49. The van der Waals surface area contributed by atoms with Crippen LogP contribution >= 0.6 is 23.4 Å². The van der Waals surface area contributed by atoms with Crippen LogP contribution in [0.4, 0.5) is 4.39 Å². The van der Waals surface area contributed by atoms with Crippen LogP contribution in [0.15, 0.2) is 22.0 Å². The SMILES string of the molecule is CCOC(=O)c1c(SC(C)C(C)=O)[nH]c2cc(Cl)c(F)cc2c1=O. The number of aromatic nitrogens is 1. The Morgan fingerprint density at radius 1 is 1.42 bits per heavy atom. The largest absolute Gasteiger partial charge is 0.462 e. The van der Waals surface area contributed by atoms with Gasteiger partial charge in [0.2, 0.25) is 5.43 Å². The molecule has 0 spiro atoms. The molecule has 0 amide bonds. The van der Waals surface area contributed by atoms with Crippen molar-refractivity contribution in [2.45, 2.75) is 31.0 Å². The van der Waals surface area contributed by atoms with Gasteiger partial charge in [0.1, 0.15) is 17.2 Å². The lowest BCUT2D eigenvalue weighted by atomic mass is 10.1. The molecule has 2 rings (SSSR count). The van der Waals surface area contributed by atoms with E-state index in [1.807, 2.05) is 0 Å². The molecule has 0 fully saturated rings. The molecule has 24 heavy (non-hydrogen) atoms. The number of hydrogen-bond donors (Lipinski definition) is 1. The van der Waals surface area contributed by atoms with E-state index in [1.54, 1.807) is 13.8 Å². The number of benzene rings is 1. The van der Waals surface area contributed by atoms with Gasteiger partial charge in [-0.25, -0.2) is 9.18 Å². The van der Waals surface area contributed by atoms with Crippen LogP contribution in [0.1, 0.15) is 31.1 Å². The number of ketones is 1. The average molecular weight is 372 g/mol. The second-order valence-corrected chi connectivity index (χ2v) is 6.82.